The van der Waals surface area contributed by atoms with Gasteiger partial charge in [0.2, 0.25) is 5.91 Å². The molecule has 1 aliphatic heterocycles. The predicted octanol–water partition coefficient (Wildman–Crippen LogP) is 2.00. The largest absolute Gasteiger partial charge is 0.481 e. The van der Waals surface area contributed by atoms with Crippen LogP contribution in [-0.4, -0.2) is 29.3 Å². The van der Waals surface area contributed by atoms with E-state index in [1.54, 1.807) is 11.8 Å². The lowest BCUT2D eigenvalue weighted by Crippen LogP contribution is -2.31. The summed E-state index contributed by atoms with van der Waals surface area (Å²) in [6.07, 6.45) is 1.57. The maximum atomic E-state index is 12.1. The topological polar surface area (TPSA) is 66.4 Å². The number of hydrogen-bond donors (Lipinski definition) is 2. The first-order valence-electron chi connectivity index (χ1n) is 6.37. The van der Waals surface area contributed by atoms with Crippen molar-refractivity contribution < 1.29 is 14.7 Å². The van der Waals surface area contributed by atoms with Crippen LogP contribution in [0.3, 0.4) is 0 Å². The molecule has 0 aliphatic carbocycles. The Morgan fingerprint density at radius 2 is 2.16 bits per heavy atom. The van der Waals surface area contributed by atoms with Crippen molar-refractivity contribution in [2.45, 2.75) is 24.5 Å². The first-order valence-corrected chi connectivity index (χ1v) is 7.42. The molecule has 0 fully saturated rings. The van der Waals surface area contributed by atoms with E-state index in [2.05, 4.69) is 11.4 Å². The van der Waals surface area contributed by atoms with Crippen LogP contribution in [0, 0.1) is 0 Å². The SMILES string of the molecule is O=C(O)CCCNC(=O)[C@@H]1SCCc2ccccc21. The lowest BCUT2D eigenvalue weighted by molar-refractivity contribution is -0.137. The molecule has 2 rings (SSSR count). The van der Waals surface area contributed by atoms with E-state index in [1.165, 1.54) is 5.56 Å². The van der Waals surface area contributed by atoms with Crippen LogP contribution < -0.4 is 5.32 Å². The molecule has 1 aromatic carbocycles. The number of benzene rings is 1. The van der Waals surface area contributed by atoms with E-state index < -0.39 is 5.97 Å². The molecule has 4 nitrogen and oxygen atoms in total. The van der Waals surface area contributed by atoms with Crippen LogP contribution >= 0.6 is 11.8 Å². The molecule has 19 heavy (non-hydrogen) atoms. The van der Waals surface area contributed by atoms with Crippen molar-refractivity contribution in [1.82, 2.24) is 5.32 Å². The van der Waals surface area contributed by atoms with Gasteiger partial charge in [0.1, 0.15) is 5.25 Å². The van der Waals surface area contributed by atoms with Gasteiger partial charge in [-0.05, 0) is 29.7 Å². The van der Waals surface area contributed by atoms with Gasteiger partial charge in [-0.1, -0.05) is 24.3 Å². The van der Waals surface area contributed by atoms with Gasteiger partial charge in [0.25, 0.3) is 0 Å². The minimum absolute atomic E-state index is 0.0115. The van der Waals surface area contributed by atoms with Crippen LogP contribution in [0.2, 0.25) is 0 Å². The summed E-state index contributed by atoms with van der Waals surface area (Å²) in [6.45, 7) is 0.421. The van der Waals surface area contributed by atoms with Gasteiger partial charge in [-0.3, -0.25) is 9.59 Å². The van der Waals surface area contributed by atoms with Crippen LogP contribution in [0.5, 0.6) is 0 Å². The Bertz CT molecular complexity index is 476. The number of nitrogens with one attached hydrogen (secondary N) is 1. The highest BCUT2D eigenvalue weighted by Crippen LogP contribution is 2.36. The molecule has 1 heterocycles. The Hall–Kier alpha value is -1.49. The Morgan fingerprint density at radius 1 is 1.37 bits per heavy atom. The minimum Gasteiger partial charge on any atom is -0.481 e. The molecule has 102 valence electrons. The summed E-state index contributed by atoms with van der Waals surface area (Å²) < 4.78 is 0. The van der Waals surface area contributed by atoms with Gasteiger partial charge >= 0.3 is 5.97 Å². The predicted molar refractivity (Wildman–Crippen MR) is 75.2 cm³/mol. The average Bonchev–Trinajstić information content (AvgIpc) is 2.42. The first kappa shape index (κ1) is 13.9. The fourth-order valence-corrected chi connectivity index (χ4v) is 3.37. The van der Waals surface area contributed by atoms with Gasteiger partial charge in [-0.2, -0.15) is 0 Å². The third kappa shape index (κ3) is 3.73. The lowest BCUT2D eigenvalue weighted by Gasteiger charge is -2.24. The smallest absolute Gasteiger partial charge is 0.303 e. The standard InChI is InChI=1S/C14H17NO3S/c16-12(17)6-3-8-15-14(18)13-11-5-2-1-4-10(11)7-9-19-13/h1-2,4-5,13H,3,6-9H2,(H,15,18)(H,16,17)/t13-/m1/s1. The van der Waals surface area contributed by atoms with E-state index in [0.717, 1.165) is 17.7 Å². The van der Waals surface area contributed by atoms with Gasteiger partial charge < -0.3 is 10.4 Å². The van der Waals surface area contributed by atoms with Crippen molar-refractivity contribution in [1.29, 1.82) is 0 Å². The van der Waals surface area contributed by atoms with Crippen molar-refractivity contribution in [2.24, 2.45) is 0 Å². The highest BCUT2D eigenvalue weighted by Gasteiger charge is 2.26. The molecule has 0 saturated heterocycles. The monoisotopic (exact) mass is 279 g/mol. The van der Waals surface area contributed by atoms with Gasteiger partial charge in [0.05, 0.1) is 0 Å². The van der Waals surface area contributed by atoms with E-state index in [4.69, 9.17) is 5.11 Å². The summed E-state index contributed by atoms with van der Waals surface area (Å²) >= 11 is 1.65. The summed E-state index contributed by atoms with van der Waals surface area (Å²) in [5.74, 6) is 0.110. The molecule has 1 amide bonds. The van der Waals surface area contributed by atoms with Crippen molar-refractivity contribution in [2.75, 3.05) is 12.3 Å². The molecule has 0 saturated carbocycles. The van der Waals surface area contributed by atoms with Gasteiger partial charge in [0, 0.05) is 13.0 Å². The van der Waals surface area contributed by atoms with Crippen molar-refractivity contribution >= 4 is 23.6 Å². The zero-order chi connectivity index (χ0) is 13.7. The Labute approximate surface area is 116 Å². The highest BCUT2D eigenvalue weighted by molar-refractivity contribution is 8.00. The minimum atomic E-state index is -0.827. The summed E-state index contributed by atoms with van der Waals surface area (Å²) in [4.78, 5) is 22.5. The van der Waals surface area contributed by atoms with Crippen LogP contribution in [0.15, 0.2) is 24.3 Å². The second kappa shape index (κ2) is 6.61. The molecule has 1 aliphatic rings. The van der Waals surface area contributed by atoms with E-state index in [0.29, 0.717) is 13.0 Å². The molecule has 1 aromatic rings. The number of carboxylic acids is 1. The van der Waals surface area contributed by atoms with Crippen molar-refractivity contribution in [3.63, 3.8) is 0 Å². The molecule has 1 atom stereocenters. The molecular formula is C14H17NO3S. The molecule has 0 spiro atoms. The van der Waals surface area contributed by atoms with Crippen LogP contribution in [0.1, 0.15) is 29.2 Å². The Kier molecular flexibility index (Phi) is 4.85. The normalized spacial score (nSPS) is 17.6. The zero-order valence-electron chi connectivity index (χ0n) is 10.6. The quantitative estimate of drug-likeness (QED) is 0.809. The average molecular weight is 279 g/mol. The van der Waals surface area contributed by atoms with Crippen LogP contribution in [0.4, 0.5) is 0 Å². The molecule has 2 N–H and O–H groups in total. The zero-order valence-corrected chi connectivity index (χ0v) is 11.4. The fraction of sp³-hybridized carbons (Fsp3) is 0.429. The maximum Gasteiger partial charge on any atom is 0.303 e. The molecular weight excluding hydrogens is 262 g/mol. The molecule has 0 aromatic heterocycles. The number of carbonyl (C=O) groups is 2. The number of fused-ring (bicyclic) bond motifs is 1. The van der Waals surface area contributed by atoms with Crippen LogP contribution in [-0.2, 0) is 16.0 Å². The third-order valence-electron chi connectivity index (χ3n) is 3.10. The second-order valence-corrected chi connectivity index (χ2v) is 5.70. The number of hydrogen-bond acceptors (Lipinski definition) is 3. The summed E-state index contributed by atoms with van der Waals surface area (Å²) in [7, 11) is 0. The number of aryl methyl sites for hydroxylation is 1. The van der Waals surface area contributed by atoms with Gasteiger partial charge in [0.15, 0.2) is 0 Å². The molecule has 0 bridgehead atoms. The second-order valence-electron chi connectivity index (χ2n) is 4.49. The molecule has 0 unspecified atom stereocenters. The van der Waals surface area contributed by atoms with Crippen LogP contribution in [0.25, 0.3) is 0 Å². The summed E-state index contributed by atoms with van der Waals surface area (Å²) in [6, 6.07) is 8.02. The van der Waals surface area contributed by atoms with Gasteiger partial charge in [-0.15, -0.1) is 11.8 Å². The lowest BCUT2D eigenvalue weighted by atomic mass is 10.0. The highest BCUT2D eigenvalue weighted by atomic mass is 32.2. The molecule has 0 radical (unpaired) electrons. The Balaban J connectivity index is 1.92. The summed E-state index contributed by atoms with van der Waals surface area (Å²) in [5.41, 5.74) is 2.33. The van der Waals surface area contributed by atoms with E-state index >= 15 is 0 Å². The van der Waals surface area contributed by atoms with E-state index in [1.807, 2.05) is 18.2 Å². The number of aliphatic carboxylic acids is 1. The fourth-order valence-electron chi connectivity index (χ4n) is 2.15. The van der Waals surface area contributed by atoms with E-state index in [9.17, 15) is 9.59 Å². The third-order valence-corrected chi connectivity index (χ3v) is 4.34. The summed E-state index contributed by atoms with van der Waals surface area (Å²) in [5, 5.41) is 11.2. The first-order chi connectivity index (χ1) is 9.18. The number of carbonyl (C=O) groups excluding carboxylic acids is 1. The molecule has 5 heteroatoms. The number of amides is 1. The number of rotatable bonds is 5. The number of thioether (sulfide) groups is 1. The van der Waals surface area contributed by atoms with Crippen molar-refractivity contribution in [3.05, 3.63) is 35.4 Å². The van der Waals surface area contributed by atoms with Crippen molar-refractivity contribution in [3.8, 4) is 0 Å². The maximum absolute atomic E-state index is 12.1. The van der Waals surface area contributed by atoms with Gasteiger partial charge in [-0.25, -0.2) is 0 Å². The number of carboxylic acid groups (broad SMARTS) is 1. The van der Waals surface area contributed by atoms with E-state index in [-0.39, 0.29) is 17.6 Å². The Morgan fingerprint density at radius 3 is 2.95 bits per heavy atom.